The summed E-state index contributed by atoms with van der Waals surface area (Å²) in [5.41, 5.74) is 0.813. The second-order valence-corrected chi connectivity index (χ2v) is 5.15. The summed E-state index contributed by atoms with van der Waals surface area (Å²) < 4.78 is 20.8. The highest BCUT2D eigenvalue weighted by molar-refractivity contribution is 6.32. The molecule has 0 unspecified atom stereocenters. The van der Waals surface area contributed by atoms with Crippen LogP contribution in [0.4, 0.5) is 5.69 Å². The van der Waals surface area contributed by atoms with E-state index in [1.165, 1.54) is 28.4 Å². The van der Waals surface area contributed by atoms with Gasteiger partial charge in [-0.3, -0.25) is 4.79 Å². The zero-order chi connectivity index (χ0) is 17.7. The monoisotopic (exact) mass is 351 g/mol. The van der Waals surface area contributed by atoms with Crippen LogP contribution in [-0.4, -0.2) is 34.3 Å². The molecular weight excluding hydrogens is 334 g/mol. The molecular formula is C17H18ClNO5. The van der Waals surface area contributed by atoms with Gasteiger partial charge in [0.25, 0.3) is 5.91 Å². The quantitative estimate of drug-likeness (QED) is 0.860. The molecule has 24 heavy (non-hydrogen) atoms. The van der Waals surface area contributed by atoms with Crippen molar-refractivity contribution in [1.82, 2.24) is 0 Å². The van der Waals surface area contributed by atoms with Gasteiger partial charge in [0.05, 0.1) is 39.1 Å². The van der Waals surface area contributed by atoms with Crippen molar-refractivity contribution >= 4 is 23.2 Å². The number of nitrogens with one attached hydrogen (secondary N) is 1. The van der Waals surface area contributed by atoms with Crippen LogP contribution in [0.1, 0.15) is 10.4 Å². The Balaban J connectivity index is 2.36. The fraction of sp³-hybridized carbons (Fsp3) is 0.235. The third kappa shape index (κ3) is 3.83. The molecule has 0 saturated carbocycles. The second kappa shape index (κ2) is 7.79. The van der Waals surface area contributed by atoms with E-state index in [0.29, 0.717) is 39.3 Å². The van der Waals surface area contributed by atoms with Crippen LogP contribution in [0.25, 0.3) is 0 Å². The lowest BCUT2D eigenvalue weighted by molar-refractivity contribution is 0.102. The number of hydrogen-bond acceptors (Lipinski definition) is 5. The summed E-state index contributed by atoms with van der Waals surface area (Å²) in [6.45, 7) is 0. The standard InChI is InChI=1S/C17H18ClNO5/c1-21-11-5-10(6-12(7-11)22-2)17(20)19-14-9-15(23-3)13(18)8-16(14)24-4/h5-9H,1-4H3,(H,19,20). The summed E-state index contributed by atoms with van der Waals surface area (Å²) in [5, 5.41) is 3.15. The average Bonchev–Trinajstić information content (AvgIpc) is 2.61. The molecule has 6 nitrogen and oxygen atoms in total. The van der Waals surface area contributed by atoms with E-state index in [1.807, 2.05) is 0 Å². The number of methoxy groups -OCH3 is 4. The predicted molar refractivity (Wildman–Crippen MR) is 92.1 cm³/mol. The average molecular weight is 352 g/mol. The van der Waals surface area contributed by atoms with Gasteiger partial charge in [-0.25, -0.2) is 0 Å². The van der Waals surface area contributed by atoms with Crippen LogP contribution in [0.5, 0.6) is 23.0 Å². The molecule has 0 aromatic heterocycles. The van der Waals surface area contributed by atoms with Crippen LogP contribution in [0, 0.1) is 0 Å². The number of anilines is 1. The summed E-state index contributed by atoms with van der Waals surface area (Å²) in [6.07, 6.45) is 0. The van der Waals surface area contributed by atoms with Gasteiger partial charge in [0.15, 0.2) is 0 Å². The van der Waals surface area contributed by atoms with Crippen molar-refractivity contribution in [3.8, 4) is 23.0 Å². The van der Waals surface area contributed by atoms with Crippen molar-refractivity contribution in [2.24, 2.45) is 0 Å². The Kier molecular flexibility index (Phi) is 5.76. The van der Waals surface area contributed by atoms with E-state index in [-0.39, 0.29) is 5.91 Å². The zero-order valence-corrected chi connectivity index (χ0v) is 14.6. The first-order valence-electron chi connectivity index (χ1n) is 6.98. The van der Waals surface area contributed by atoms with Gasteiger partial charge in [0, 0.05) is 23.8 Å². The fourth-order valence-electron chi connectivity index (χ4n) is 2.09. The maximum atomic E-state index is 12.6. The van der Waals surface area contributed by atoms with Crippen LogP contribution >= 0.6 is 11.6 Å². The molecule has 0 aliphatic carbocycles. The molecule has 1 amide bonds. The van der Waals surface area contributed by atoms with E-state index in [0.717, 1.165) is 0 Å². The molecule has 0 saturated heterocycles. The number of hydrogen-bond donors (Lipinski definition) is 1. The third-order valence-electron chi connectivity index (χ3n) is 3.34. The van der Waals surface area contributed by atoms with E-state index < -0.39 is 0 Å². The molecule has 2 aromatic rings. The smallest absolute Gasteiger partial charge is 0.256 e. The van der Waals surface area contributed by atoms with Crippen LogP contribution in [0.2, 0.25) is 5.02 Å². The van der Waals surface area contributed by atoms with Gasteiger partial charge in [-0.15, -0.1) is 0 Å². The summed E-state index contributed by atoms with van der Waals surface area (Å²) in [4.78, 5) is 12.6. The molecule has 2 aromatic carbocycles. The largest absolute Gasteiger partial charge is 0.497 e. The van der Waals surface area contributed by atoms with E-state index >= 15 is 0 Å². The molecule has 7 heteroatoms. The summed E-state index contributed by atoms with van der Waals surface area (Å²) in [6, 6.07) is 8.07. The lowest BCUT2D eigenvalue weighted by atomic mass is 10.1. The topological polar surface area (TPSA) is 66.0 Å². The number of ether oxygens (including phenoxy) is 4. The number of halogens is 1. The highest BCUT2D eigenvalue weighted by atomic mass is 35.5. The van der Waals surface area contributed by atoms with Gasteiger partial charge in [-0.2, -0.15) is 0 Å². The highest BCUT2D eigenvalue weighted by Gasteiger charge is 2.15. The molecule has 0 spiro atoms. The Labute approximate surface area is 145 Å². The first-order valence-corrected chi connectivity index (χ1v) is 7.36. The highest BCUT2D eigenvalue weighted by Crippen LogP contribution is 2.36. The normalized spacial score (nSPS) is 10.0. The Morgan fingerprint density at radius 2 is 1.42 bits per heavy atom. The first-order chi connectivity index (χ1) is 11.5. The van der Waals surface area contributed by atoms with Crippen LogP contribution in [0.15, 0.2) is 30.3 Å². The number of benzene rings is 2. The summed E-state index contributed by atoms with van der Waals surface area (Å²) in [7, 11) is 6.02. The molecule has 0 fully saturated rings. The first kappa shape index (κ1) is 17.7. The van der Waals surface area contributed by atoms with E-state index in [1.54, 1.807) is 30.3 Å². The molecule has 0 radical (unpaired) electrons. The van der Waals surface area contributed by atoms with Gasteiger partial charge in [-0.1, -0.05) is 11.6 Å². The Morgan fingerprint density at radius 1 is 0.833 bits per heavy atom. The van der Waals surface area contributed by atoms with E-state index in [4.69, 9.17) is 30.5 Å². The third-order valence-corrected chi connectivity index (χ3v) is 3.63. The molecule has 0 atom stereocenters. The van der Waals surface area contributed by atoms with Gasteiger partial charge < -0.3 is 24.3 Å². The van der Waals surface area contributed by atoms with Crippen molar-refractivity contribution in [3.05, 3.63) is 40.9 Å². The lowest BCUT2D eigenvalue weighted by Crippen LogP contribution is -2.13. The minimum Gasteiger partial charge on any atom is -0.497 e. The zero-order valence-electron chi connectivity index (χ0n) is 13.8. The maximum absolute atomic E-state index is 12.6. The fourth-order valence-corrected chi connectivity index (χ4v) is 2.32. The van der Waals surface area contributed by atoms with Crippen molar-refractivity contribution in [1.29, 1.82) is 0 Å². The summed E-state index contributed by atoms with van der Waals surface area (Å²) in [5.74, 6) is 1.52. The van der Waals surface area contributed by atoms with Crippen LogP contribution in [-0.2, 0) is 0 Å². The number of carbonyl (C=O) groups excluding carboxylic acids is 1. The minimum atomic E-state index is -0.352. The second-order valence-electron chi connectivity index (χ2n) is 4.74. The molecule has 0 heterocycles. The van der Waals surface area contributed by atoms with Crippen molar-refractivity contribution in [3.63, 3.8) is 0 Å². The summed E-state index contributed by atoms with van der Waals surface area (Å²) >= 11 is 6.06. The lowest BCUT2D eigenvalue weighted by Gasteiger charge is -2.14. The Morgan fingerprint density at radius 3 is 1.92 bits per heavy atom. The molecule has 128 valence electrons. The number of rotatable bonds is 6. The Hall–Kier alpha value is -2.60. The van der Waals surface area contributed by atoms with Crippen LogP contribution < -0.4 is 24.3 Å². The molecule has 0 aliphatic heterocycles. The van der Waals surface area contributed by atoms with Gasteiger partial charge in [0.1, 0.15) is 23.0 Å². The SMILES string of the molecule is COc1cc(OC)cc(C(=O)Nc2cc(OC)c(Cl)cc2OC)c1. The number of amides is 1. The molecule has 0 aliphatic rings. The molecule has 1 N–H and O–H groups in total. The molecule has 0 bridgehead atoms. The van der Waals surface area contributed by atoms with Crippen molar-refractivity contribution < 1.29 is 23.7 Å². The van der Waals surface area contributed by atoms with Gasteiger partial charge in [0.2, 0.25) is 0 Å². The van der Waals surface area contributed by atoms with Crippen molar-refractivity contribution in [2.75, 3.05) is 33.8 Å². The van der Waals surface area contributed by atoms with Crippen LogP contribution in [0.3, 0.4) is 0 Å². The van der Waals surface area contributed by atoms with E-state index in [9.17, 15) is 4.79 Å². The van der Waals surface area contributed by atoms with Gasteiger partial charge >= 0.3 is 0 Å². The van der Waals surface area contributed by atoms with Crippen molar-refractivity contribution in [2.45, 2.75) is 0 Å². The molecule has 2 rings (SSSR count). The number of carbonyl (C=O) groups is 1. The van der Waals surface area contributed by atoms with E-state index in [2.05, 4.69) is 5.32 Å². The van der Waals surface area contributed by atoms with Gasteiger partial charge in [-0.05, 0) is 12.1 Å². The Bertz CT molecular complexity index is 726. The maximum Gasteiger partial charge on any atom is 0.256 e. The predicted octanol–water partition coefficient (Wildman–Crippen LogP) is 3.63. The minimum absolute atomic E-state index is 0.352.